The number of rotatable bonds is 9. The highest BCUT2D eigenvalue weighted by Crippen LogP contribution is 2.49. The first-order valence-electron chi connectivity index (χ1n) is 15.7. The molecule has 0 unspecified atom stereocenters. The number of benzene rings is 2. The van der Waals surface area contributed by atoms with Crippen LogP contribution in [0.3, 0.4) is 0 Å². The van der Waals surface area contributed by atoms with Crippen LogP contribution in [0.1, 0.15) is 32.8 Å². The molecule has 0 aliphatic carbocycles. The normalized spacial score (nSPS) is 32.8. The number of carbonyl (C=O) groups is 2. The molecule has 43 heavy (non-hydrogen) atoms. The average molecular weight is 611 g/mol. The highest BCUT2D eigenvalue weighted by Gasteiger charge is 2.60. The van der Waals surface area contributed by atoms with E-state index in [1.807, 2.05) is 25.1 Å². The molecular weight excluding hydrogens is 568 g/mol. The molecule has 6 aliphatic heterocycles. The minimum Gasteiger partial charge on any atom is -0.477 e. The Bertz CT molecular complexity index is 1660. The monoisotopic (exact) mass is 610 g/mol. The van der Waals surface area contributed by atoms with Gasteiger partial charge in [-0.25, -0.2) is 13.2 Å². The van der Waals surface area contributed by atoms with Crippen LogP contribution in [-0.4, -0.2) is 115 Å². The Morgan fingerprint density at radius 2 is 1.72 bits per heavy atom. The first-order chi connectivity index (χ1) is 20.4. The van der Waals surface area contributed by atoms with Crippen molar-refractivity contribution in [2.45, 2.75) is 50.7 Å². The smallest absolute Gasteiger partial charge is 0.352 e. The SMILES string of the molecule is CCC[N+]12CC[N+](CCc3cc4c5c(cccc5c3)N(CC3=C(C(=O)O)N5C(=O)[C@H]([C@@H](C)O)[C@H]5[C@H]3C)S4(=O)=O)(CC1)CC2. The summed E-state index contributed by atoms with van der Waals surface area (Å²) in [6, 6.07) is 9.03. The molecule has 2 aromatic rings. The van der Waals surface area contributed by atoms with E-state index < -0.39 is 45.9 Å². The molecule has 8 rings (SSSR count). The van der Waals surface area contributed by atoms with E-state index in [0.717, 1.165) is 28.4 Å². The van der Waals surface area contributed by atoms with Crippen LogP contribution < -0.4 is 4.31 Å². The van der Waals surface area contributed by atoms with Crippen molar-refractivity contribution in [3.8, 4) is 0 Å². The van der Waals surface area contributed by atoms with E-state index in [2.05, 4.69) is 13.0 Å². The molecule has 11 heteroatoms. The first-order valence-corrected chi connectivity index (χ1v) is 17.1. The van der Waals surface area contributed by atoms with Gasteiger partial charge in [-0.1, -0.05) is 32.0 Å². The molecule has 1 amide bonds. The summed E-state index contributed by atoms with van der Waals surface area (Å²) in [6.45, 7) is 15.0. The van der Waals surface area contributed by atoms with E-state index in [9.17, 15) is 28.2 Å². The van der Waals surface area contributed by atoms with E-state index in [1.54, 1.807) is 6.07 Å². The third kappa shape index (κ3) is 4.11. The number of carboxylic acids is 1. The summed E-state index contributed by atoms with van der Waals surface area (Å²) in [4.78, 5) is 26.7. The van der Waals surface area contributed by atoms with Crippen molar-refractivity contribution in [3.63, 3.8) is 0 Å². The Morgan fingerprint density at radius 3 is 2.33 bits per heavy atom. The van der Waals surface area contributed by atoms with Gasteiger partial charge in [0.15, 0.2) is 0 Å². The first kappa shape index (κ1) is 28.8. The number of β-lactam (4-membered cyclic amide) rings is 1. The third-order valence-corrected chi connectivity index (χ3v) is 13.1. The maximum Gasteiger partial charge on any atom is 0.352 e. The number of carboxylic acid groups (broad SMARTS) is 1. The number of carbonyl (C=O) groups excluding carboxylic acids is 1. The van der Waals surface area contributed by atoms with Crippen molar-refractivity contribution >= 4 is 38.4 Å². The van der Waals surface area contributed by atoms with Crippen LogP contribution >= 0.6 is 0 Å². The van der Waals surface area contributed by atoms with Crippen LogP contribution in [0.4, 0.5) is 5.69 Å². The molecule has 0 saturated carbocycles. The number of hydrogen-bond donors (Lipinski definition) is 2. The van der Waals surface area contributed by atoms with Gasteiger partial charge in [0.2, 0.25) is 5.91 Å². The average Bonchev–Trinajstić information content (AvgIpc) is 3.34. The molecule has 4 atom stereocenters. The molecule has 4 saturated heterocycles. The van der Waals surface area contributed by atoms with Gasteiger partial charge in [-0.15, -0.1) is 0 Å². The Labute approximate surface area is 253 Å². The molecule has 6 heterocycles. The highest BCUT2D eigenvalue weighted by molar-refractivity contribution is 7.93. The lowest BCUT2D eigenvalue weighted by Crippen LogP contribution is -2.75. The van der Waals surface area contributed by atoms with Crippen LogP contribution in [-0.2, 0) is 26.0 Å². The number of fused-ring (bicyclic) bond motifs is 4. The van der Waals surface area contributed by atoms with Crippen molar-refractivity contribution < 1.29 is 37.2 Å². The number of piperazine rings is 3. The van der Waals surface area contributed by atoms with Crippen molar-refractivity contribution in [1.82, 2.24) is 4.90 Å². The van der Waals surface area contributed by atoms with Crippen molar-refractivity contribution in [2.75, 3.05) is 63.2 Å². The molecule has 4 fully saturated rings. The summed E-state index contributed by atoms with van der Waals surface area (Å²) in [5, 5.41) is 21.8. The molecule has 6 aliphatic rings. The lowest BCUT2D eigenvalue weighted by molar-refractivity contribution is -1.08. The van der Waals surface area contributed by atoms with Gasteiger partial charge in [0, 0.05) is 17.7 Å². The van der Waals surface area contributed by atoms with Crippen molar-refractivity contribution in [3.05, 3.63) is 47.2 Å². The zero-order valence-corrected chi connectivity index (χ0v) is 26.0. The van der Waals surface area contributed by atoms with E-state index in [0.29, 0.717) is 16.6 Å². The fraction of sp³-hybridized carbons (Fsp3) is 0.562. The summed E-state index contributed by atoms with van der Waals surface area (Å²) in [6.07, 6.45) is 1.11. The number of nitrogens with zero attached hydrogens (tertiary/aromatic N) is 4. The van der Waals surface area contributed by atoms with Gasteiger partial charge < -0.3 is 24.1 Å². The van der Waals surface area contributed by atoms with E-state index in [1.165, 1.54) is 72.8 Å². The Morgan fingerprint density at radius 1 is 1.07 bits per heavy atom. The molecular formula is C32H42N4O6S+2. The predicted molar refractivity (Wildman–Crippen MR) is 162 cm³/mol. The number of quaternary nitrogens is 2. The number of hydrogen-bond acceptors (Lipinski definition) is 5. The second kappa shape index (κ2) is 9.76. The topological polar surface area (TPSA) is 115 Å². The fourth-order valence-corrected chi connectivity index (χ4v) is 10.6. The largest absolute Gasteiger partial charge is 0.477 e. The molecule has 2 aromatic carbocycles. The lowest BCUT2D eigenvalue weighted by atomic mass is 9.78. The van der Waals surface area contributed by atoms with E-state index >= 15 is 0 Å². The molecule has 0 aromatic heterocycles. The molecule has 2 N–H and O–H groups in total. The van der Waals surface area contributed by atoms with Crippen molar-refractivity contribution in [2.24, 2.45) is 11.8 Å². The zero-order chi connectivity index (χ0) is 30.5. The van der Waals surface area contributed by atoms with Crippen LogP contribution in [0.15, 0.2) is 46.5 Å². The maximum atomic E-state index is 14.2. The number of aliphatic hydroxyl groups excluding tert-OH is 1. The van der Waals surface area contributed by atoms with E-state index in [4.69, 9.17) is 0 Å². The molecule has 2 bridgehead atoms. The minimum absolute atomic E-state index is 0.154. The summed E-state index contributed by atoms with van der Waals surface area (Å²) in [5.74, 6) is -2.80. The second-order valence-electron chi connectivity index (χ2n) is 13.6. The predicted octanol–water partition coefficient (Wildman–Crippen LogP) is 2.16. The lowest BCUT2D eigenvalue weighted by Gasteiger charge is -2.55. The molecule has 10 nitrogen and oxygen atoms in total. The number of aliphatic hydroxyl groups is 1. The molecule has 230 valence electrons. The Hall–Kier alpha value is -2.99. The van der Waals surface area contributed by atoms with Gasteiger partial charge >= 0.3 is 5.97 Å². The van der Waals surface area contributed by atoms with Crippen molar-refractivity contribution in [1.29, 1.82) is 0 Å². The van der Waals surface area contributed by atoms with Crippen LogP contribution in [0.25, 0.3) is 10.8 Å². The second-order valence-corrected chi connectivity index (χ2v) is 15.5. The number of anilines is 1. The number of amides is 1. The van der Waals surface area contributed by atoms with Crippen LogP contribution in [0.5, 0.6) is 0 Å². The van der Waals surface area contributed by atoms with Gasteiger partial charge in [0.1, 0.15) is 45.0 Å². The zero-order valence-electron chi connectivity index (χ0n) is 25.2. The standard InChI is InChI=1S/C32H41N4O6S/c1-4-9-35-11-14-36(15-12-35,16-13-35)10-8-22-17-23-6-5-7-25-28(23)26(18-22)43(41,42)33(25)19-24-20(2)29-27(21(3)37)31(38)34(29)30(24)32(39)40/h5-7,17-18,20-21,27,29,37H,4,8-16,19H2,1-3H3/q+1/p+1/t20-,21+,27+,29+,35?,36?/m0/s1. The highest BCUT2D eigenvalue weighted by atomic mass is 32.2. The molecule has 0 radical (unpaired) electrons. The number of aliphatic carboxylic acids is 1. The Kier molecular flexibility index (Phi) is 6.52. The van der Waals surface area contributed by atoms with Crippen LogP contribution in [0, 0.1) is 11.8 Å². The summed E-state index contributed by atoms with van der Waals surface area (Å²) in [5.41, 5.74) is 1.79. The van der Waals surface area contributed by atoms with Crippen LogP contribution in [0.2, 0.25) is 0 Å². The van der Waals surface area contributed by atoms with Gasteiger partial charge in [0.25, 0.3) is 10.0 Å². The summed E-state index contributed by atoms with van der Waals surface area (Å²) < 4.78 is 32.0. The van der Waals surface area contributed by atoms with Gasteiger partial charge in [-0.2, -0.15) is 0 Å². The van der Waals surface area contributed by atoms with Gasteiger partial charge in [-0.05, 0) is 42.0 Å². The van der Waals surface area contributed by atoms with E-state index in [-0.39, 0.29) is 17.1 Å². The number of sulfonamides is 1. The fourth-order valence-electron chi connectivity index (χ4n) is 8.87. The summed E-state index contributed by atoms with van der Waals surface area (Å²) in [7, 11) is -3.96. The Balaban J connectivity index is 1.18. The molecule has 0 spiro atoms. The maximum absolute atomic E-state index is 14.2. The minimum atomic E-state index is -3.96. The quantitative estimate of drug-likeness (QED) is 0.332. The van der Waals surface area contributed by atoms with Gasteiger partial charge in [0.05, 0.1) is 48.3 Å². The summed E-state index contributed by atoms with van der Waals surface area (Å²) >= 11 is 0. The van der Waals surface area contributed by atoms with Gasteiger partial charge in [-0.3, -0.25) is 9.10 Å². The third-order valence-electron chi connectivity index (χ3n) is 11.4.